The Morgan fingerprint density at radius 3 is 2.55 bits per heavy atom. The third-order valence-electron chi connectivity index (χ3n) is 2.71. The van der Waals surface area contributed by atoms with Gasteiger partial charge in [0.25, 0.3) is 5.91 Å². The fraction of sp³-hybridized carbons (Fsp3) is 0.357. The van der Waals surface area contributed by atoms with Crippen LogP contribution >= 0.6 is 0 Å². The molecule has 0 radical (unpaired) electrons. The Morgan fingerprint density at radius 2 is 1.95 bits per heavy atom. The molecule has 0 aliphatic rings. The van der Waals surface area contributed by atoms with Crippen LogP contribution in [-0.2, 0) is 0 Å². The highest BCUT2D eigenvalue weighted by Gasteiger charge is 2.06. The van der Waals surface area contributed by atoms with Crippen molar-refractivity contribution in [3.63, 3.8) is 0 Å². The van der Waals surface area contributed by atoms with Crippen LogP contribution in [0.3, 0.4) is 0 Å². The molecule has 0 aliphatic carbocycles. The van der Waals surface area contributed by atoms with Crippen molar-refractivity contribution in [2.24, 2.45) is 0 Å². The van der Waals surface area contributed by atoms with Crippen LogP contribution in [0.4, 0.5) is 11.4 Å². The molecule has 6 N–H and O–H groups in total. The molecule has 0 fully saturated rings. The van der Waals surface area contributed by atoms with Gasteiger partial charge in [-0.2, -0.15) is 0 Å². The lowest BCUT2D eigenvalue weighted by atomic mass is 10.1. The third-order valence-corrected chi connectivity index (χ3v) is 2.71. The standard InChI is InChI=1S/C14H23N5O/c1-17-5-7-19(2)6-3-4-18-14(20)11-8-12(15)10-13(16)9-11/h5,7-10,17H,3-4,6,15-16H2,1-2H3,(H,18,20)/b7-5-. The highest BCUT2D eigenvalue weighted by molar-refractivity contribution is 5.96. The highest BCUT2D eigenvalue weighted by Crippen LogP contribution is 2.13. The van der Waals surface area contributed by atoms with Gasteiger partial charge < -0.3 is 27.0 Å². The molecule has 0 saturated heterocycles. The van der Waals surface area contributed by atoms with Crippen LogP contribution in [0.1, 0.15) is 16.8 Å². The van der Waals surface area contributed by atoms with E-state index in [1.54, 1.807) is 18.2 Å². The first-order chi connectivity index (χ1) is 9.52. The number of hydrogen-bond acceptors (Lipinski definition) is 5. The molecule has 0 bridgehead atoms. The normalized spacial score (nSPS) is 10.5. The van der Waals surface area contributed by atoms with Crippen molar-refractivity contribution in [1.29, 1.82) is 0 Å². The smallest absolute Gasteiger partial charge is 0.251 e. The van der Waals surface area contributed by atoms with Gasteiger partial charge in [-0.25, -0.2) is 0 Å². The molecule has 1 aromatic carbocycles. The van der Waals surface area contributed by atoms with Gasteiger partial charge in [0.2, 0.25) is 0 Å². The van der Waals surface area contributed by atoms with Gasteiger partial charge in [0.05, 0.1) is 0 Å². The number of hydrogen-bond donors (Lipinski definition) is 4. The number of rotatable bonds is 7. The Bertz CT molecular complexity index is 452. The predicted molar refractivity (Wildman–Crippen MR) is 83.0 cm³/mol. The quantitative estimate of drug-likeness (QED) is 0.432. The lowest BCUT2D eigenvalue weighted by molar-refractivity contribution is 0.0952. The van der Waals surface area contributed by atoms with Crippen molar-refractivity contribution in [3.05, 3.63) is 36.2 Å². The van der Waals surface area contributed by atoms with E-state index in [0.29, 0.717) is 23.5 Å². The molecule has 6 heteroatoms. The molecule has 0 unspecified atom stereocenters. The van der Waals surface area contributed by atoms with Crippen LogP contribution in [-0.4, -0.2) is 38.0 Å². The van der Waals surface area contributed by atoms with Crippen LogP contribution < -0.4 is 22.1 Å². The first-order valence-electron chi connectivity index (χ1n) is 6.51. The zero-order valence-corrected chi connectivity index (χ0v) is 12.0. The minimum absolute atomic E-state index is 0.155. The molecule has 1 aromatic rings. The van der Waals surface area contributed by atoms with Crippen LogP contribution in [0.25, 0.3) is 0 Å². The summed E-state index contributed by atoms with van der Waals surface area (Å²) in [5, 5.41) is 5.77. The second-order valence-electron chi connectivity index (χ2n) is 4.58. The van der Waals surface area contributed by atoms with Crippen molar-refractivity contribution in [1.82, 2.24) is 15.5 Å². The molecule has 0 heterocycles. The van der Waals surface area contributed by atoms with Gasteiger partial charge in [0.1, 0.15) is 0 Å². The van der Waals surface area contributed by atoms with Gasteiger partial charge in [-0.3, -0.25) is 4.79 Å². The van der Waals surface area contributed by atoms with Crippen molar-refractivity contribution < 1.29 is 4.79 Å². The molecule has 0 spiro atoms. The summed E-state index contributed by atoms with van der Waals surface area (Å²) in [7, 11) is 3.83. The molecule has 0 atom stereocenters. The Kier molecular flexibility index (Phi) is 6.22. The average molecular weight is 277 g/mol. The minimum Gasteiger partial charge on any atom is -0.399 e. The molecule has 1 amide bonds. The van der Waals surface area contributed by atoms with Crippen molar-refractivity contribution in [2.45, 2.75) is 6.42 Å². The van der Waals surface area contributed by atoms with Gasteiger partial charge >= 0.3 is 0 Å². The number of nitrogens with zero attached hydrogens (tertiary/aromatic N) is 1. The van der Waals surface area contributed by atoms with Gasteiger partial charge in [-0.05, 0) is 24.6 Å². The van der Waals surface area contributed by atoms with E-state index in [0.717, 1.165) is 13.0 Å². The van der Waals surface area contributed by atoms with E-state index in [9.17, 15) is 4.79 Å². The number of nitrogen functional groups attached to an aromatic ring is 2. The van der Waals surface area contributed by atoms with E-state index < -0.39 is 0 Å². The Morgan fingerprint density at radius 1 is 1.30 bits per heavy atom. The maximum atomic E-state index is 11.9. The van der Waals surface area contributed by atoms with Gasteiger partial charge in [-0.1, -0.05) is 0 Å². The zero-order chi connectivity index (χ0) is 15.0. The van der Waals surface area contributed by atoms with Gasteiger partial charge in [-0.15, -0.1) is 0 Å². The van der Waals surface area contributed by atoms with E-state index in [1.165, 1.54) is 0 Å². The van der Waals surface area contributed by atoms with Crippen molar-refractivity contribution >= 4 is 17.3 Å². The van der Waals surface area contributed by atoms with E-state index in [4.69, 9.17) is 11.5 Å². The van der Waals surface area contributed by atoms with Crippen molar-refractivity contribution in [3.8, 4) is 0 Å². The molecule has 20 heavy (non-hydrogen) atoms. The van der Waals surface area contributed by atoms with Gasteiger partial charge in [0.15, 0.2) is 0 Å². The average Bonchev–Trinajstić information content (AvgIpc) is 2.40. The molecule has 0 aromatic heterocycles. The largest absolute Gasteiger partial charge is 0.399 e. The second kappa shape index (κ2) is 7.93. The van der Waals surface area contributed by atoms with E-state index in [2.05, 4.69) is 10.6 Å². The van der Waals surface area contributed by atoms with E-state index >= 15 is 0 Å². The fourth-order valence-corrected chi connectivity index (χ4v) is 1.72. The predicted octanol–water partition coefficient (Wildman–Crippen LogP) is 0.593. The topological polar surface area (TPSA) is 96.4 Å². The molecule has 0 aliphatic heterocycles. The molecule has 0 saturated carbocycles. The van der Waals surface area contributed by atoms with E-state index in [1.807, 2.05) is 31.4 Å². The number of amides is 1. The number of nitrogens with one attached hydrogen (secondary N) is 2. The van der Waals surface area contributed by atoms with Crippen LogP contribution in [0.2, 0.25) is 0 Å². The molecule has 1 rings (SSSR count). The molecule has 110 valence electrons. The molecular weight excluding hydrogens is 254 g/mol. The summed E-state index contributed by atoms with van der Waals surface area (Å²) in [6, 6.07) is 4.86. The number of benzene rings is 1. The minimum atomic E-state index is -0.155. The number of carbonyl (C=O) groups excluding carboxylic acids is 1. The Balaban J connectivity index is 2.35. The first-order valence-corrected chi connectivity index (χ1v) is 6.51. The Hall–Kier alpha value is -2.37. The lowest BCUT2D eigenvalue weighted by Crippen LogP contribution is -2.27. The summed E-state index contributed by atoms with van der Waals surface area (Å²) in [5.74, 6) is -0.155. The third kappa shape index (κ3) is 5.51. The Labute approximate surface area is 119 Å². The maximum Gasteiger partial charge on any atom is 0.251 e. The molecule has 6 nitrogen and oxygen atoms in total. The van der Waals surface area contributed by atoms with Crippen LogP contribution in [0, 0.1) is 0 Å². The first kappa shape index (κ1) is 15.7. The summed E-state index contributed by atoms with van der Waals surface area (Å²) >= 11 is 0. The summed E-state index contributed by atoms with van der Waals surface area (Å²) in [5.41, 5.74) is 12.8. The maximum absolute atomic E-state index is 11.9. The van der Waals surface area contributed by atoms with Gasteiger partial charge in [0, 0.05) is 56.5 Å². The fourth-order valence-electron chi connectivity index (χ4n) is 1.72. The number of anilines is 2. The number of carbonyl (C=O) groups is 1. The summed E-state index contributed by atoms with van der Waals surface area (Å²) < 4.78 is 0. The monoisotopic (exact) mass is 277 g/mol. The highest BCUT2D eigenvalue weighted by atomic mass is 16.1. The van der Waals surface area contributed by atoms with E-state index in [-0.39, 0.29) is 5.91 Å². The lowest BCUT2D eigenvalue weighted by Gasteiger charge is -2.14. The zero-order valence-electron chi connectivity index (χ0n) is 12.0. The van der Waals surface area contributed by atoms with Crippen molar-refractivity contribution in [2.75, 3.05) is 38.7 Å². The summed E-state index contributed by atoms with van der Waals surface area (Å²) in [4.78, 5) is 13.9. The second-order valence-corrected chi connectivity index (χ2v) is 4.58. The SMILES string of the molecule is CN/C=C\N(C)CCCNC(=O)c1cc(N)cc(N)c1. The molecular formula is C14H23N5O. The summed E-state index contributed by atoms with van der Waals surface area (Å²) in [6.45, 7) is 1.46. The number of nitrogens with two attached hydrogens (primary N) is 2. The van der Waals surface area contributed by atoms with Crippen LogP contribution in [0.5, 0.6) is 0 Å². The van der Waals surface area contributed by atoms with Crippen LogP contribution in [0.15, 0.2) is 30.6 Å². The summed E-state index contributed by atoms with van der Waals surface area (Å²) in [6.07, 6.45) is 4.66.